The van der Waals surface area contributed by atoms with Gasteiger partial charge >= 0.3 is 6.03 Å². The van der Waals surface area contributed by atoms with Crippen LogP contribution < -0.4 is 10.1 Å². The maximum absolute atomic E-state index is 12.6. The smallest absolute Gasteiger partial charge is 0.317 e. The summed E-state index contributed by atoms with van der Waals surface area (Å²) in [4.78, 5) is 32.7. The maximum Gasteiger partial charge on any atom is 0.317 e. The number of carbonyl (C=O) groups excluding carboxylic acids is 2. The van der Waals surface area contributed by atoms with Crippen LogP contribution in [0.5, 0.6) is 5.75 Å². The van der Waals surface area contributed by atoms with Crippen LogP contribution in [0.25, 0.3) is 11.0 Å². The molecule has 2 aromatic carbocycles. The van der Waals surface area contributed by atoms with Crippen molar-refractivity contribution in [2.45, 2.75) is 26.6 Å². The van der Waals surface area contributed by atoms with Gasteiger partial charge in [-0.3, -0.25) is 4.79 Å². The van der Waals surface area contributed by atoms with E-state index in [2.05, 4.69) is 9.88 Å². The minimum absolute atomic E-state index is 0.0662. The number of benzene rings is 2. The normalized spacial score (nSPS) is 10.7. The zero-order chi connectivity index (χ0) is 22.5. The summed E-state index contributed by atoms with van der Waals surface area (Å²) in [6, 6.07) is 12.9. The number of fused-ring (bicyclic) bond motifs is 1. The van der Waals surface area contributed by atoms with Crippen molar-refractivity contribution >= 4 is 23.0 Å². The van der Waals surface area contributed by atoms with E-state index in [-0.39, 0.29) is 11.9 Å². The third-order valence-corrected chi connectivity index (χ3v) is 5.10. The standard InChI is InChI=1S/C23H29N5O3/c1-6-28-20-11-10-17(22(29)26(2)3)13-19(20)25-21(28)15-27(4)23(30)24-14-16-8-7-9-18(12-16)31-5/h7-13H,6,14-15H2,1-5H3,(H,24,30). The van der Waals surface area contributed by atoms with E-state index in [1.54, 1.807) is 44.1 Å². The molecule has 0 aliphatic carbocycles. The SMILES string of the molecule is CCn1c(CN(C)C(=O)NCc2cccc(OC)c2)nc2cc(C(=O)N(C)C)ccc21. The van der Waals surface area contributed by atoms with E-state index in [1.807, 2.05) is 43.3 Å². The Bertz CT molecular complexity index is 1090. The van der Waals surface area contributed by atoms with Gasteiger partial charge in [0.2, 0.25) is 0 Å². The summed E-state index contributed by atoms with van der Waals surface area (Å²) in [7, 11) is 6.80. The zero-order valence-electron chi connectivity index (χ0n) is 18.7. The van der Waals surface area contributed by atoms with E-state index >= 15 is 0 Å². The molecule has 8 nitrogen and oxygen atoms in total. The molecule has 3 aromatic rings. The Kier molecular flexibility index (Phi) is 6.79. The Morgan fingerprint density at radius 3 is 2.58 bits per heavy atom. The van der Waals surface area contributed by atoms with Crippen LogP contribution in [-0.4, -0.2) is 59.5 Å². The van der Waals surface area contributed by atoms with Crippen LogP contribution in [0.2, 0.25) is 0 Å². The lowest BCUT2D eigenvalue weighted by Gasteiger charge is -2.18. The Morgan fingerprint density at radius 2 is 1.90 bits per heavy atom. The Morgan fingerprint density at radius 1 is 1.13 bits per heavy atom. The van der Waals surface area contributed by atoms with Crippen molar-refractivity contribution in [2.24, 2.45) is 0 Å². The van der Waals surface area contributed by atoms with Crippen molar-refractivity contribution in [3.8, 4) is 5.75 Å². The first-order chi connectivity index (χ1) is 14.8. The van der Waals surface area contributed by atoms with Crippen molar-refractivity contribution < 1.29 is 14.3 Å². The minimum atomic E-state index is -0.194. The van der Waals surface area contributed by atoms with Crippen molar-refractivity contribution in [3.63, 3.8) is 0 Å². The minimum Gasteiger partial charge on any atom is -0.497 e. The Hall–Kier alpha value is -3.55. The molecule has 164 valence electrons. The number of nitrogens with zero attached hydrogens (tertiary/aromatic N) is 4. The van der Waals surface area contributed by atoms with Crippen molar-refractivity contribution in [1.29, 1.82) is 0 Å². The molecule has 0 bridgehead atoms. The number of aromatic nitrogens is 2. The van der Waals surface area contributed by atoms with Gasteiger partial charge in [0.1, 0.15) is 11.6 Å². The van der Waals surface area contributed by atoms with Gasteiger partial charge in [-0.25, -0.2) is 9.78 Å². The van der Waals surface area contributed by atoms with Gasteiger partial charge in [0.25, 0.3) is 5.91 Å². The second-order valence-electron chi connectivity index (χ2n) is 7.54. The predicted octanol–water partition coefficient (Wildman–Crippen LogP) is 3.11. The van der Waals surface area contributed by atoms with Crippen LogP contribution in [0, 0.1) is 0 Å². The highest BCUT2D eigenvalue weighted by Gasteiger charge is 2.17. The van der Waals surface area contributed by atoms with Crippen LogP contribution in [0.3, 0.4) is 0 Å². The van der Waals surface area contributed by atoms with E-state index in [0.717, 1.165) is 28.2 Å². The topological polar surface area (TPSA) is 79.7 Å². The number of aryl methyl sites for hydroxylation is 1. The third kappa shape index (κ3) is 4.96. The highest BCUT2D eigenvalue weighted by atomic mass is 16.5. The van der Waals surface area contributed by atoms with Gasteiger partial charge in [-0.2, -0.15) is 0 Å². The second-order valence-corrected chi connectivity index (χ2v) is 7.54. The molecule has 0 atom stereocenters. The fraction of sp³-hybridized carbons (Fsp3) is 0.348. The summed E-state index contributed by atoms with van der Waals surface area (Å²) in [5, 5.41) is 2.92. The molecule has 0 fully saturated rings. The van der Waals surface area contributed by atoms with Crippen LogP contribution in [0.4, 0.5) is 4.79 Å². The molecule has 0 aliphatic rings. The molecule has 1 aromatic heterocycles. The van der Waals surface area contributed by atoms with Gasteiger partial charge < -0.3 is 24.4 Å². The lowest BCUT2D eigenvalue weighted by molar-refractivity contribution is 0.0827. The summed E-state index contributed by atoms with van der Waals surface area (Å²) >= 11 is 0. The molecule has 0 saturated heterocycles. The van der Waals surface area contributed by atoms with Crippen LogP contribution in [-0.2, 0) is 19.6 Å². The molecule has 1 heterocycles. The summed E-state index contributed by atoms with van der Waals surface area (Å²) in [5.74, 6) is 1.46. The molecule has 0 unspecified atom stereocenters. The van der Waals surface area contributed by atoms with E-state index in [0.29, 0.717) is 25.2 Å². The number of hydrogen-bond donors (Lipinski definition) is 1. The molecule has 31 heavy (non-hydrogen) atoms. The first-order valence-corrected chi connectivity index (χ1v) is 10.2. The molecule has 3 amide bonds. The average Bonchev–Trinajstić information content (AvgIpc) is 3.12. The summed E-state index contributed by atoms with van der Waals surface area (Å²) < 4.78 is 7.28. The van der Waals surface area contributed by atoms with Gasteiger partial charge in [-0.05, 0) is 42.8 Å². The first-order valence-electron chi connectivity index (χ1n) is 10.2. The van der Waals surface area contributed by atoms with E-state index in [4.69, 9.17) is 9.72 Å². The number of rotatable bonds is 7. The van der Waals surface area contributed by atoms with Gasteiger partial charge in [-0.15, -0.1) is 0 Å². The van der Waals surface area contributed by atoms with Crippen molar-refractivity contribution in [3.05, 3.63) is 59.4 Å². The van der Waals surface area contributed by atoms with E-state index < -0.39 is 0 Å². The fourth-order valence-electron chi connectivity index (χ4n) is 3.42. The van der Waals surface area contributed by atoms with Crippen molar-refractivity contribution in [2.75, 3.05) is 28.3 Å². The number of hydrogen-bond acceptors (Lipinski definition) is 4. The van der Waals surface area contributed by atoms with Crippen LogP contribution >= 0.6 is 0 Å². The molecular weight excluding hydrogens is 394 g/mol. The van der Waals surface area contributed by atoms with Crippen molar-refractivity contribution in [1.82, 2.24) is 24.7 Å². The first kappa shape index (κ1) is 22.1. The highest BCUT2D eigenvalue weighted by molar-refractivity contribution is 5.97. The predicted molar refractivity (Wildman–Crippen MR) is 120 cm³/mol. The molecule has 0 spiro atoms. The Balaban J connectivity index is 1.73. The van der Waals surface area contributed by atoms with E-state index in [9.17, 15) is 9.59 Å². The lowest BCUT2D eigenvalue weighted by Crippen LogP contribution is -2.37. The number of nitrogens with one attached hydrogen (secondary N) is 1. The summed E-state index contributed by atoms with van der Waals surface area (Å²) in [6.45, 7) is 3.50. The summed E-state index contributed by atoms with van der Waals surface area (Å²) in [6.07, 6.45) is 0. The second kappa shape index (κ2) is 9.51. The zero-order valence-corrected chi connectivity index (χ0v) is 18.7. The maximum atomic E-state index is 12.6. The molecule has 0 saturated carbocycles. The summed E-state index contributed by atoms with van der Waals surface area (Å²) in [5.41, 5.74) is 3.24. The number of methoxy groups -OCH3 is 1. The van der Waals surface area contributed by atoms with Crippen LogP contribution in [0.15, 0.2) is 42.5 Å². The number of amides is 3. The lowest BCUT2D eigenvalue weighted by atomic mass is 10.2. The van der Waals surface area contributed by atoms with Gasteiger partial charge in [0, 0.05) is 39.8 Å². The van der Waals surface area contributed by atoms with E-state index in [1.165, 1.54) is 0 Å². The quantitative estimate of drug-likeness (QED) is 0.633. The van der Waals surface area contributed by atoms with Crippen LogP contribution in [0.1, 0.15) is 28.7 Å². The molecule has 0 aliphatic heterocycles. The number of carbonyl (C=O) groups is 2. The van der Waals surface area contributed by atoms with Gasteiger partial charge in [0.15, 0.2) is 0 Å². The molecule has 0 radical (unpaired) electrons. The molecule has 1 N–H and O–H groups in total. The molecule has 3 rings (SSSR count). The van der Waals surface area contributed by atoms with Gasteiger partial charge in [-0.1, -0.05) is 12.1 Å². The number of ether oxygens (including phenoxy) is 1. The number of imidazole rings is 1. The third-order valence-electron chi connectivity index (χ3n) is 5.10. The Labute approximate surface area is 182 Å². The highest BCUT2D eigenvalue weighted by Crippen LogP contribution is 2.20. The fourth-order valence-corrected chi connectivity index (χ4v) is 3.42. The number of urea groups is 1. The van der Waals surface area contributed by atoms with Gasteiger partial charge in [0.05, 0.1) is 24.7 Å². The largest absolute Gasteiger partial charge is 0.497 e. The monoisotopic (exact) mass is 423 g/mol. The molecule has 8 heteroatoms. The average molecular weight is 424 g/mol. The molecular formula is C23H29N5O3.